The number of anilines is 1. The molecule has 35 heavy (non-hydrogen) atoms. The highest BCUT2D eigenvalue weighted by molar-refractivity contribution is 6.30. The molecule has 0 aromatic carbocycles. The molecule has 1 aromatic heterocycles. The Morgan fingerprint density at radius 2 is 1.94 bits per heavy atom. The summed E-state index contributed by atoms with van der Waals surface area (Å²) in [5.74, 6) is -2.86. The van der Waals surface area contributed by atoms with E-state index in [1.165, 1.54) is 19.5 Å². The maximum absolute atomic E-state index is 13.3. The van der Waals surface area contributed by atoms with E-state index in [0.29, 0.717) is 37.1 Å². The van der Waals surface area contributed by atoms with Crippen LogP contribution in [0.5, 0.6) is 0 Å². The van der Waals surface area contributed by atoms with E-state index in [4.69, 9.17) is 21.1 Å². The third-order valence-electron chi connectivity index (χ3n) is 5.69. The lowest BCUT2D eigenvalue weighted by Crippen LogP contribution is -2.65. The number of halogens is 4. The molecular weight excluding hydrogens is 495 g/mol. The summed E-state index contributed by atoms with van der Waals surface area (Å²) in [6, 6.07) is -1.78. The highest BCUT2D eigenvalue weighted by Gasteiger charge is 2.51. The van der Waals surface area contributed by atoms with E-state index in [-0.39, 0.29) is 38.7 Å². The van der Waals surface area contributed by atoms with Crippen molar-refractivity contribution in [1.29, 1.82) is 0 Å². The molecule has 2 amide bonds. The summed E-state index contributed by atoms with van der Waals surface area (Å²) in [6.45, 7) is 2.27. The first-order valence-corrected chi connectivity index (χ1v) is 11.5. The predicted molar refractivity (Wildman–Crippen MR) is 120 cm³/mol. The molecule has 0 aliphatic carbocycles. The summed E-state index contributed by atoms with van der Waals surface area (Å²) in [4.78, 5) is 36.3. The third-order valence-corrected chi connectivity index (χ3v) is 5.89. The lowest BCUT2D eigenvalue weighted by atomic mass is 9.96. The fraction of sp³-hybridized carbons (Fsp3) is 0.700. The smallest absolute Gasteiger partial charge is 0.383 e. The molecule has 3 N–H and O–H groups in total. The molecule has 3 heterocycles. The molecule has 15 heteroatoms. The molecule has 0 bridgehead atoms. The number of nitrogens with zero attached hydrogens (tertiary/aromatic N) is 4. The molecule has 3 rings (SSSR count). The van der Waals surface area contributed by atoms with Gasteiger partial charge in [-0.25, -0.2) is 15.4 Å². The van der Waals surface area contributed by atoms with Crippen LogP contribution in [0.3, 0.4) is 0 Å². The fourth-order valence-corrected chi connectivity index (χ4v) is 4.07. The second-order valence-corrected chi connectivity index (χ2v) is 8.65. The zero-order valence-corrected chi connectivity index (χ0v) is 19.9. The van der Waals surface area contributed by atoms with Gasteiger partial charge in [0.1, 0.15) is 0 Å². The first kappa shape index (κ1) is 27.3. The van der Waals surface area contributed by atoms with Crippen LogP contribution in [-0.4, -0.2) is 105 Å². The highest BCUT2D eigenvalue weighted by Crippen LogP contribution is 2.30. The number of piperazine rings is 1. The van der Waals surface area contributed by atoms with E-state index in [2.05, 4.69) is 20.7 Å². The van der Waals surface area contributed by atoms with Crippen molar-refractivity contribution in [1.82, 2.24) is 31.0 Å². The van der Waals surface area contributed by atoms with E-state index < -0.39 is 30.1 Å². The number of nitrogens with one attached hydrogen (secondary N) is 3. The lowest BCUT2D eigenvalue weighted by molar-refractivity contribution is -0.193. The van der Waals surface area contributed by atoms with Crippen LogP contribution >= 0.6 is 11.6 Å². The van der Waals surface area contributed by atoms with Gasteiger partial charge in [0.2, 0.25) is 17.8 Å². The molecule has 1 aromatic rings. The minimum absolute atomic E-state index is 0.0193. The van der Waals surface area contributed by atoms with Crippen molar-refractivity contribution in [2.24, 2.45) is 5.92 Å². The molecule has 11 nitrogen and oxygen atoms in total. The number of alkyl halides is 3. The second-order valence-electron chi connectivity index (χ2n) is 8.21. The van der Waals surface area contributed by atoms with Crippen LogP contribution in [0, 0.1) is 5.92 Å². The Morgan fingerprint density at radius 3 is 2.57 bits per heavy atom. The summed E-state index contributed by atoms with van der Waals surface area (Å²) in [5, 5.41) is 3.26. The Bertz CT molecular complexity index is 841. The van der Waals surface area contributed by atoms with Gasteiger partial charge >= 0.3 is 6.18 Å². The quantitative estimate of drug-likeness (QED) is 0.363. The minimum Gasteiger partial charge on any atom is -0.383 e. The van der Waals surface area contributed by atoms with Gasteiger partial charge in [-0.1, -0.05) is 11.6 Å². The van der Waals surface area contributed by atoms with E-state index in [9.17, 15) is 22.8 Å². The number of ether oxygens (including phenoxy) is 2. The van der Waals surface area contributed by atoms with Gasteiger partial charge < -0.3 is 24.6 Å². The van der Waals surface area contributed by atoms with Crippen molar-refractivity contribution < 1.29 is 32.2 Å². The largest absolute Gasteiger partial charge is 0.402 e. The molecule has 2 saturated heterocycles. The van der Waals surface area contributed by atoms with Crippen molar-refractivity contribution in [3.8, 4) is 0 Å². The zero-order chi connectivity index (χ0) is 25.4. The first-order chi connectivity index (χ1) is 16.7. The molecule has 3 atom stereocenters. The van der Waals surface area contributed by atoms with Crippen LogP contribution in [0.4, 0.5) is 19.1 Å². The van der Waals surface area contributed by atoms with Crippen molar-refractivity contribution in [2.75, 3.05) is 64.6 Å². The van der Waals surface area contributed by atoms with E-state index >= 15 is 0 Å². The molecule has 0 radical (unpaired) electrons. The van der Waals surface area contributed by atoms with Gasteiger partial charge in [0.15, 0.2) is 5.92 Å². The number of aromatic nitrogens is 2. The fourth-order valence-electron chi connectivity index (χ4n) is 3.97. The summed E-state index contributed by atoms with van der Waals surface area (Å²) in [6.07, 6.45) is -1.52. The zero-order valence-electron chi connectivity index (χ0n) is 19.2. The Hall–Kier alpha value is -2.26. The van der Waals surface area contributed by atoms with Crippen LogP contribution in [0.25, 0.3) is 0 Å². The standard InChI is InChI=1S/C20H29ClF3N7O4/c1-34-11-14(28-15-10-27-29-18(33)17(15)20(22,23)24)12-35-7-2-16(32)30-3-5-31(6-4-30)19-25-8-13(21)9-26-19/h8-9,14-15,17,27-28H,2-7,10-12H2,1H3,(H,29,33)/t14-,15?,17?/m1/s1. The minimum atomic E-state index is -4.70. The van der Waals surface area contributed by atoms with Gasteiger partial charge in [-0.15, -0.1) is 0 Å². The highest BCUT2D eigenvalue weighted by atomic mass is 35.5. The number of rotatable bonds is 10. The van der Waals surface area contributed by atoms with Crippen LogP contribution in [0.1, 0.15) is 6.42 Å². The van der Waals surface area contributed by atoms with E-state index in [1.807, 2.05) is 10.3 Å². The first-order valence-electron chi connectivity index (χ1n) is 11.1. The number of amides is 2. The number of methoxy groups -OCH3 is 1. The second kappa shape index (κ2) is 12.6. The van der Waals surface area contributed by atoms with Gasteiger partial charge in [-0.2, -0.15) is 13.2 Å². The monoisotopic (exact) mass is 523 g/mol. The van der Waals surface area contributed by atoms with E-state index in [1.54, 1.807) is 4.90 Å². The Labute approximate surface area is 205 Å². The lowest BCUT2D eigenvalue weighted by Gasteiger charge is -2.35. The molecule has 0 saturated carbocycles. The third kappa shape index (κ3) is 7.87. The van der Waals surface area contributed by atoms with Crippen LogP contribution in [-0.2, 0) is 19.1 Å². The SMILES string of the molecule is COC[C@H](COCCC(=O)N1CCN(c2ncc(Cl)cn2)CC1)NC1CNNC(=O)C1C(F)(F)F. The Morgan fingerprint density at radius 1 is 1.26 bits per heavy atom. The van der Waals surface area contributed by atoms with Crippen LogP contribution in [0.2, 0.25) is 5.02 Å². The summed E-state index contributed by atoms with van der Waals surface area (Å²) >= 11 is 5.81. The van der Waals surface area contributed by atoms with Crippen molar-refractivity contribution in [2.45, 2.75) is 24.7 Å². The number of hydrazine groups is 1. The summed E-state index contributed by atoms with van der Waals surface area (Å²) in [5.41, 5.74) is 4.47. The molecule has 2 unspecified atom stereocenters. The van der Waals surface area contributed by atoms with Gasteiger partial charge in [-0.05, 0) is 0 Å². The number of hydrogen-bond acceptors (Lipinski definition) is 9. The predicted octanol–water partition coefficient (Wildman–Crippen LogP) is -0.0286. The van der Waals surface area contributed by atoms with Gasteiger partial charge in [0.05, 0.1) is 49.7 Å². The Balaban J connectivity index is 1.40. The molecule has 196 valence electrons. The van der Waals surface area contributed by atoms with Crippen molar-refractivity contribution in [3.05, 3.63) is 17.4 Å². The van der Waals surface area contributed by atoms with E-state index in [0.717, 1.165) is 0 Å². The maximum atomic E-state index is 13.3. The van der Waals surface area contributed by atoms with Crippen molar-refractivity contribution in [3.63, 3.8) is 0 Å². The number of carbonyl (C=O) groups excluding carboxylic acids is 2. The topological polar surface area (TPSA) is 121 Å². The van der Waals surface area contributed by atoms with Gasteiger partial charge in [0, 0.05) is 45.9 Å². The number of carbonyl (C=O) groups is 2. The molecular formula is C20H29ClF3N7O4. The molecule has 2 aliphatic heterocycles. The van der Waals surface area contributed by atoms with Gasteiger partial charge in [0.25, 0.3) is 0 Å². The summed E-state index contributed by atoms with van der Waals surface area (Å²) in [7, 11) is 1.42. The normalized spacial score (nSPS) is 22.1. The van der Waals surface area contributed by atoms with Crippen molar-refractivity contribution >= 4 is 29.4 Å². The number of hydrogen-bond donors (Lipinski definition) is 3. The van der Waals surface area contributed by atoms with Crippen LogP contribution in [0.15, 0.2) is 12.4 Å². The average Bonchev–Trinajstić information content (AvgIpc) is 2.81. The molecule has 0 spiro atoms. The molecule has 2 fully saturated rings. The average molecular weight is 524 g/mol. The summed E-state index contributed by atoms with van der Waals surface area (Å²) < 4.78 is 50.7. The van der Waals surface area contributed by atoms with Crippen LogP contribution < -0.4 is 21.1 Å². The van der Waals surface area contributed by atoms with Gasteiger partial charge in [-0.3, -0.25) is 15.0 Å². The maximum Gasteiger partial charge on any atom is 0.402 e. The molecule has 2 aliphatic rings. The Kier molecular flexibility index (Phi) is 9.86.